The molecule has 82 valence electrons. The topological polar surface area (TPSA) is 46.5 Å². The van der Waals surface area contributed by atoms with Crippen LogP contribution < -0.4 is 0 Å². The summed E-state index contributed by atoms with van der Waals surface area (Å²) in [6, 6.07) is 0. The predicted molar refractivity (Wildman–Crippen MR) is 59.9 cm³/mol. The van der Waals surface area contributed by atoms with Gasteiger partial charge in [-0.05, 0) is 36.5 Å². The molecule has 0 spiro atoms. The molecule has 0 aromatic rings. The van der Waals surface area contributed by atoms with Crippen molar-refractivity contribution in [1.29, 1.82) is 0 Å². The smallest absolute Gasteiger partial charge is 0.349 e. The van der Waals surface area contributed by atoms with E-state index < -0.39 is 13.9 Å². The van der Waals surface area contributed by atoms with Gasteiger partial charge in [-0.1, -0.05) is 0 Å². The maximum atomic E-state index is 11.2. The number of hydrogen-bond donors (Lipinski definition) is 1. The average molecular weight is 237 g/mol. The van der Waals surface area contributed by atoms with Gasteiger partial charge in [0.15, 0.2) is 0 Å². The van der Waals surface area contributed by atoms with Crippen LogP contribution in [-0.2, 0) is 9.09 Å². The van der Waals surface area contributed by atoms with E-state index in [-0.39, 0.29) is 6.10 Å². The number of hydrogen-bond acceptors (Lipinski definition) is 4. The Morgan fingerprint density at radius 2 is 2.00 bits per heavy atom. The molecule has 0 bridgehead atoms. The second-order valence-electron chi connectivity index (χ2n) is 3.66. The van der Waals surface area contributed by atoms with E-state index in [9.17, 15) is 4.57 Å². The maximum Gasteiger partial charge on any atom is 0.540 e. The van der Waals surface area contributed by atoms with Crippen LogP contribution >= 0.6 is 19.8 Å². The summed E-state index contributed by atoms with van der Waals surface area (Å²) < 4.78 is 16.5. The highest BCUT2D eigenvalue weighted by atomic mass is 32.2. The molecular weight excluding hydrogens is 219 g/mol. The first-order chi connectivity index (χ1) is 6.63. The van der Waals surface area contributed by atoms with Gasteiger partial charge in [-0.2, -0.15) is 11.8 Å². The molecule has 2 unspecified atom stereocenters. The lowest BCUT2D eigenvalue weighted by Gasteiger charge is -2.23. The van der Waals surface area contributed by atoms with Gasteiger partial charge >= 0.3 is 8.03 Å². The van der Waals surface area contributed by atoms with E-state index >= 15 is 0 Å². The van der Waals surface area contributed by atoms with Crippen molar-refractivity contribution >= 4 is 19.8 Å². The molecule has 0 heterocycles. The molecular formula is C9H18O3PS+. The zero-order valence-electron chi connectivity index (χ0n) is 8.68. The number of rotatable bonds is 4. The Labute approximate surface area is 90.5 Å². The van der Waals surface area contributed by atoms with Crippen molar-refractivity contribution in [3.8, 4) is 0 Å². The first-order valence-electron chi connectivity index (χ1n) is 4.97. The molecule has 0 aromatic carbocycles. The monoisotopic (exact) mass is 237 g/mol. The molecule has 5 heteroatoms. The Morgan fingerprint density at radius 1 is 1.43 bits per heavy atom. The van der Waals surface area contributed by atoms with E-state index in [1.54, 1.807) is 0 Å². The SMILES string of the molecule is CSC1CCC(O[P+](=O)C(C)O)CC1. The number of aliphatic hydroxyl groups is 1. The minimum absolute atomic E-state index is 0.0941. The summed E-state index contributed by atoms with van der Waals surface area (Å²) in [6.45, 7) is 1.51. The fourth-order valence-corrected chi connectivity index (χ4v) is 3.03. The highest BCUT2D eigenvalue weighted by Gasteiger charge is 2.32. The van der Waals surface area contributed by atoms with Crippen molar-refractivity contribution in [2.75, 3.05) is 6.26 Å². The molecule has 1 fully saturated rings. The van der Waals surface area contributed by atoms with Gasteiger partial charge in [0, 0.05) is 12.2 Å². The summed E-state index contributed by atoms with van der Waals surface area (Å²) in [5.41, 5.74) is 0. The molecule has 14 heavy (non-hydrogen) atoms. The molecule has 0 saturated heterocycles. The van der Waals surface area contributed by atoms with Gasteiger partial charge in [0.1, 0.15) is 6.10 Å². The largest absolute Gasteiger partial charge is 0.540 e. The Bertz CT molecular complexity index is 190. The third-order valence-electron chi connectivity index (χ3n) is 2.51. The molecule has 1 aliphatic rings. The molecule has 0 aromatic heterocycles. The summed E-state index contributed by atoms with van der Waals surface area (Å²) in [5.74, 6) is -0.844. The third kappa shape index (κ3) is 3.85. The molecule has 0 amide bonds. The minimum atomic E-state index is -1.88. The Hall–Kier alpha value is 0.370. The summed E-state index contributed by atoms with van der Waals surface area (Å²) in [4.78, 5) is 0. The second-order valence-corrected chi connectivity index (χ2v) is 6.32. The summed E-state index contributed by atoms with van der Waals surface area (Å²) in [7, 11) is -1.88. The molecule has 1 saturated carbocycles. The zero-order valence-corrected chi connectivity index (χ0v) is 10.4. The number of aliphatic hydroxyl groups excluding tert-OH is 1. The molecule has 1 aliphatic carbocycles. The van der Waals surface area contributed by atoms with Crippen molar-refractivity contribution in [3.05, 3.63) is 0 Å². The van der Waals surface area contributed by atoms with Crippen LogP contribution in [0.2, 0.25) is 0 Å². The van der Waals surface area contributed by atoms with Crippen LogP contribution in [-0.4, -0.2) is 28.6 Å². The zero-order chi connectivity index (χ0) is 10.6. The maximum absolute atomic E-state index is 11.2. The van der Waals surface area contributed by atoms with Crippen molar-refractivity contribution in [3.63, 3.8) is 0 Å². The quantitative estimate of drug-likeness (QED) is 0.764. The third-order valence-corrected chi connectivity index (χ3v) is 4.77. The van der Waals surface area contributed by atoms with Crippen LogP contribution in [0, 0.1) is 0 Å². The van der Waals surface area contributed by atoms with E-state index in [1.165, 1.54) is 6.92 Å². The van der Waals surface area contributed by atoms with Crippen LogP contribution in [0.15, 0.2) is 0 Å². The van der Waals surface area contributed by atoms with Crippen molar-refractivity contribution in [1.82, 2.24) is 0 Å². The Kier molecular flexibility index (Phi) is 5.39. The Morgan fingerprint density at radius 3 is 2.43 bits per heavy atom. The molecule has 3 nitrogen and oxygen atoms in total. The minimum Gasteiger partial charge on any atom is -0.349 e. The normalized spacial score (nSPS) is 31.2. The van der Waals surface area contributed by atoms with E-state index in [0.717, 1.165) is 30.9 Å². The van der Waals surface area contributed by atoms with Gasteiger partial charge in [-0.3, -0.25) is 0 Å². The molecule has 0 aliphatic heterocycles. The van der Waals surface area contributed by atoms with Crippen LogP contribution in [0.25, 0.3) is 0 Å². The second kappa shape index (κ2) is 6.06. The molecule has 1 rings (SSSR count). The van der Waals surface area contributed by atoms with Crippen molar-refractivity contribution in [2.24, 2.45) is 0 Å². The molecule has 0 radical (unpaired) electrons. The van der Waals surface area contributed by atoms with Gasteiger partial charge in [0.25, 0.3) is 5.85 Å². The first-order valence-corrected chi connectivity index (χ1v) is 7.51. The lowest BCUT2D eigenvalue weighted by atomic mass is 9.97. The summed E-state index contributed by atoms with van der Waals surface area (Å²) in [5, 5.41) is 9.77. The predicted octanol–water partition coefficient (Wildman–Crippen LogP) is 2.76. The lowest BCUT2D eigenvalue weighted by molar-refractivity contribution is 0.148. The van der Waals surface area contributed by atoms with Gasteiger partial charge in [-0.25, -0.2) is 0 Å². The fourth-order valence-electron chi connectivity index (χ4n) is 1.61. The van der Waals surface area contributed by atoms with Crippen LogP contribution in [0.5, 0.6) is 0 Å². The summed E-state index contributed by atoms with van der Waals surface area (Å²) >= 11 is 1.90. The van der Waals surface area contributed by atoms with Gasteiger partial charge in [0.05, 0.1) is 0 Å². The van der Waals surface area contributed by atoms with Gasteiger partial charge in [-0.15, -0.1) is 4.52 Å². The van der Waals surface area contributed by atoms with Crippen molar-refractivity contribution in [2.45, 2.75) is 49.8 Å². The van der Waals surface area contributed by atoms with Crippen molar-refractivity contribution < 1.29 is 14.2 Å². The van der Waals surface area contributed by atoms with E-state index in [2.05, 4.69) is 6.26 Å². The van der Waals surface area contributed by atoms with Crippen LogP contribution in [0.1, 0.15) is 32.6 Å². The lowest BCUT2D eigenvalue weighted by Crippen LogP contribution is -2.21. The Balaban J connectivity index is 2.25. The number of thioether (sulfide) groups is 1. The van der Waals surface area contributed by atoms with Gasteiger partial charge in [0.2, 0.25) is 0 Å². The summed E-state index contributed by atoms with van der Waals surface area (Å²) in [6.07, 6.45) is 6.43. The van der Waals surface area contributed by atoms with Gasteiger partial charge < -0.3 is 5.11 Å². The molecule has 2 atom stereocenters. The van der Waals surface area contributed by atoms with E-state index in [1.807, 2.05) is 11.8 Å². The highest BCUT2D eigenvalue weighted by molar-refractivity contribution is 7.99. The van der Waals surface area contributed by atoms with E-state index in [0.29, 0.717) is 0 Å². The highest BCUT2D eigenvalue weighted by Crippen LogP contribution is 2.36. The fraction of sp³-hybridized carbons (Fsp3) is 1.00. The first kappa shape index (κ1) is 12.4. The molecule has 1 N–H and O–H groups in total. The van der Waals surface area contributed by atoms with E-state index in [4.69, 9.17) is 9.63 Å². The van der Waals surface area contributed by atoms with Crippen LogP contribution in [0.4, 0.5) is 0 Å². The average Bonchev–Trinajstić information content (AvgIpc) is 2.19. The standard InChI is InChI=1S/C9H18O3PS/c1-7(10)13(11)12-8-3-5-9(14-2)6-4-8/h7-10H,3-6H2,1-2H3/q+1. The van der Waals surface area contributed by atoms with Crippen LogP contribution in [0.3, 0.4) is 0 Å².